The summed E-state index contributed by atoms with van der Waals surface area (Å²) in [6, 6.07) is 1.45. The van der Waals surface area contributed by atoms with Gasteiger partial charge in [-0.15, -0.1) is 0 Å². The smallest absolute Gasteiger partial charge is 0.251 e. The van der Waals surface area contributed by atoms with E-state index in [1.54, 1.807) is 10.9 Å². The van der Waals surface area contributed by atoms with Crippen LogP contribution in [0.2, 0.25) is 0 Å². The molecule has 0 saturated heterocycles. The van der Waals surface area contributed by atoms with Crippen LogP contribution in [0.15, 0.2) is 23.3 Å². The van der Waals surface area contributed by atoms with Crippen molar-refractivity contribution in [3.8, 4) is 11.3 Å². The van der Waals surface area contributed by atoms with Crippen molar-refractivity contribution < 1.29 is 4.74 Å². The summed E-state index contributed by atoms with van der Waals surface area (Å²) in [5.74, 6) is 0.526. The second-order valence-electron chi connectivity index (χ2n) is 3.62. The number of hydrogen-bond acceptors (Lipinski definition) is 4. The largest absolute Gasteiger partial charge is 0.374 e. The Kier molecular flexibility index (Phi) is 3.34. The minimum absolute atomic E-state index is 0.187. The molecule has 0 amide bonds. The molecule has 0 atom stereocenters. The van der Waals surface area contributed by atoms with E-state index in [-0.39, 0.29) is 5.56 Å². The second-order valence-corrected chi connectivity index (χ2v) is 3.62. The first-order valence-corrected chi connectivity index (χ1v) is 5.36. The third-order valence-corrected chi connectivity index (χ3v) is 2.23. The number of rotatable bonds is 4. The fourth-order valence-corrected chi connectivity index (χ4v) is 1.48. The van der Waals surface area contributed by atoms with E-state index in [0.29, 0.717) is 24.7 Å². The van der Waals surface area contributed by atoms with Gasteiger partial charge in [0.15, 0.2) is 0 Å². The zero-order valence-corrected chi connectivity index (χ0v) is 9.80. The van der Waals surface area contributed by atoms with Crippen LogP contribution >= 0.6 is 0 Å². The van der Waals surface area contributed by atoms with E-state index in [9.17, 15) is 4.79 Å². The summed E-state index contributed by atoms with van der Waals surface area (Å²) in [7, 11) is 1.82. The van der Waals surface area contributed by atoms with Crippen LogP contribution in [0.25, 0.3) is 11.3 Å². The average Bonchev–Trinajstić information content (AvgIpc) is 2.72. The molecule has 0 fully saturated rings. The van der Waals surface area contributed by atoms with E-state index in [4.69, 9.17) is 4.74 Å². The quantitative estimate of drug-likeness (QED) is 0.845. The number of ether oxygens (including phenoxy) is 1. The average molecular weight is 234 g/mol. The molecule has 0 spiro atoms. The van der Waals surface area contributed by atoms with Crippen molar-refractivity contribution in [2.24, 2.45) is 7.05 Å². The predicted octanol–water partition coefficient (Wildman–Crippen LogP) is 0.707. The van der Waals surface area contributed by atoms with Crippen molar-refractivity contribution in [2.45, 2.75) is 13.5 Å². The third-order valence-electron chi connectivity index (χ3n) is 2.23. The standard InChI is InChI=1S/C11H14N4O2/c1-3-17-7-10-13-9(4-11(16)14-10)8-5-12-15(2)6-8/h4-6H,3,7H2,1-2H3,(H,13,14,16). The van der Waals surface area contributed by atoms with Crippen LogP contribution in [0, 0.1) is 0 Å². The minimum Gasteiger partial charge on any atom is -0.374 e. The molecule has 0 bridgehead atoms. The van der Waals surface area contributed by atoms with Gasteiger partial charge in [-0.3, -0.25) is 9.48 Å². The van der Waals surface area contributed by atoms with E-state index in [0.717, 1.165) is 5.56 Å². The molecule has 0 aromatic carbocycles. The zero-order valence-electron chi connectivity index (χ0n) is 9.80. The molecule has 2 aromatic rings. The van der Waals surface area contributed by atoms with Crippen LogP contribution in [0.5, 0.6) is 0 Å². The summed E-state index contributed by atoms with van der Waals surface area (Å²) in [6.07, 6.45) is 3.48. The van der Waals surface area contributed by atoms with Crippen molar-refractivity contribution in [3.63, 3.8) is 0 Å². The van der Waals surface area contributed by atoms with Gasteiger partial charge in [0.25, 0.3) is 5.56 Å². The Morgan fingerprint density at radius 2 is 2.35 bits per heavy atom. The van der Waals surface area contributed by atoms with Gasteiger partial charge in [-0.25, -0.2) is 4.98 Å². The Hall–Kier alpha value is -1.95. The molecule has 2 aromatic heterocycles. The minimum atomic E-state index is -0.187. The van der Waals surface area contributed by atoms with Gasteiger partial charge < -0.3 is 9.72 Å². The highest BCUT2D eigenvalue weighted by atomic mass is 16.5. The van der Waals surface area contributed by atoms with Crippen molar-refractivity contribution in [1.29, 1.82) is 0 Å². The molecule has 90 valence electrons. The summed E-state index contributed by atoms with van der Waals surface area (Å²) < 4.78 is 6.88. The van der Waals surface area contributed by atoms with Gasteiger partial charge in [-0.2, -0.15) is 5.10 Å². The van der Waals surface area contributed by atoms with Crippen LogP contribution in [0.1, 0.15) is 12.7 Å². The van der Waals surface area contributed by atoms with E-state index >= 15 is 0 Å². The summed E-state index contributed by atoms with van der Waals surface area (Å²) >= 11 is 0. The highest BCUT2D eigenvalue weighted by Crippen LogP contribution is 2.13. The lowest BCUT2D eigenvalue weighted by molar-refractivity contribution is 0.128. The molecule has 6 heteroatoms. The maximum atomic E-state index is 11.5. The Morgan fingerprint density at radius 1 is 1.53 bits per heavy atom. The van der Waals surface area contributed by atoms with Crippen molar-refractivity contribution >= 4 is 0 Å². The van der Waals surface area contributed by atoms with E-state index in [1.807, 2.05) is 20.2 Å². The SMILES string of the molecule is CCOCc1nc(-c2cnn(C)c2)cc(=O)[nH]1. The van der Waals surface area contributed by atoms with Gasteiger partial charge in [-0.1, -0.05) is 0 Å². The highest BCUT2D eigenvalue weighted by molar-refractivity contribution is 5.56. The fraction of sp³-hybridized carbons (Fsp3) is 0.364. The van der Waals surface area contributed by atoms with Crippen molar-refractivity contribution in [1.82, 2.24) is 19.7 Å². The topological polar surface area (TPSA) is 72.8 Å². The lowest BCUT2D eigenvalue weighted by atomic mass is 10.2. The first kappa shape index (κ1) is 11.5. The Balaban J connectivity index is 2.34. The maximum Gasteiger partial charge on any atom is 0.251 e. The summed E-state index contributed by atoms with van der Waals surface area (Å²) in [5, 5.41) is 4.05. The third kappa shape index (κ3) is 2.79. The summed E-state index contributed by atoms with van der Waals surface area (Å²) in [5.41, 5.74) is 1.24. The van der Waals surface area contributed by atoms with Crippen LogP contribution in [-0.4, -0.2) is 26.4 Å². The molecule has 0 aliphatic heterocycles. The molecule has 0 radical (unpaired) electrons. The normalized spacial score (nSPS) is 10.7. The lowest BCUT2D eigenvalue weighted by Crippen LogP contribution is -2.12. The Morgan fingerprint density at radius 3 is 3.00 bits per heavy atom. The number of nitrogens with zero attached hydrogens (tertiary/aromatic N) is 3. The molecule has 6 nitrogen and oxygen atoms in total. The molecule has 2 rings (SSSR count). The van der Waals surface area contributed by atoms with Gasteiger partial charge in [-0.05, 0) is 6.92 Å². The number of aromatic nitrogens is 4. The van der Waals surface area contributed by atoms with Crippen molar-refractivity contribution in [3.05, 3.63) is 34.6 Å². The van der Waals surface area contributed by atoms with Crippen molar-refractivity contribution in [2.75, 3.05) is 6.61 Å². The zero-order chi connectivity index (χ0) is 12.3. The second kappa shape index (κ2) is 4.92. The summed E-state index contributed by atoms with van der Waals surface area (Å²) in [6.45, 7) is 2.78. The number of aryl methyl sites for hydroxylation is 1. The number of hydrogen-bond donors (Lipinski definition) is 1. The molecule has 17 heavy (non-hydrogen) atoms. The van der Waals surface area contributed by atoms with Gasteiger partial charge in [0.2, 0.25) is 0 Å². The fourth-order valence-electron chi connectivity index (χ4n) is 1.48. The molecule has 0 aliphatic rings. The number of aromatic amines is 1. The lowest BCUT2D eigenvalue weighted by Gasteiger charge is -2.02. The summed E-state index contributed by atoms with van der Waals surface area (Å²) in [4.78, 5) is 18.4. The predicted molar refractivity (Wildman–Crippen MR) is 62.4 cm³/mol. The van der Waals surface area contributed by atoms with Crippen LogP contribution in [0.4, 0.5) is 0 Å². The van der Waals surface area contributed by atoms with E-state index in [1.165, 1.54) is 6.07 Å². The van der Waals surface area contributed by atoms with Crippen LogP contribution in [-0.2, 0) is 18.4 Å². The Labute approximate surface area is 98.3 Å². The molecule has 0 aliphatic carbocycles. The number of nitrogens with one attached hydrogen (secondary N) is 1. The van der Waals surface area contributed by atoms with Gasteiger partial charge in [0, 0.05) is 31.5 Å². The molecule has 1 N–H and O–H groups in total. The van der Waals surface area contributed by atoms with Gasteiger partial charge in [0.05, 0.1) is 11.9 Å². The first-order valence-electron chi connectivity index (χ1n) is 5.36. The molecule has 0 unspecified atom stereocenters. The van der Waals surface area contributed by atoms with E-state index in [2.05, 4.69) is 15.1 Å². The molecular weight excluding hydrogens is 220 g/mol. The molecule has 2 heterocycles. The highest BCUT2D eigenvalue weighted by Gasteiger charge is 2.05. The Bertz CT molecular complexity index is 559. The monoisotopic (exact) mass is 234 g/mol. The number of H-pyrrole nitrogens is 1. The first-order chi connectivity index (χ1) is 8.19. The molecule has 0 saturated carbocycles. The maximum absolute atomic E-state index is 11.5. The molecular formula is C11H14N4O2. The van der Waals surface area contributed by atoms with Crippen LogP contribution < -0.4 is 5.56 Å². The van der Waals surface area contributed by atoms with E-state index < -0.39 is 0 Å². The van der Waals surface area contributed by atoms with Gasteiger partial charge in [0.1, 0.15) is 12.4 Å². The van der Waals surface area contributed by atoms with Crippen LogP contribution in [0.3, 0.4) is 0 Å². The van der Waals surface area contributed by atoms with Gasteiger partial charge >= 0.3 is 0 Å².